The first kappa shape index (κ1) is 12.1. The highest BCUT2D eigenvalue weighted by Gasteiger charge is 2.37. The topological polar surface area (TPSA) is 63.4 Å². The van der Waals surface area contributed by atoms with Crippen LogP contribution < -0.4 is 5.14 Å². The molecule has 1 aromatic carbocycles. The molecule has 4 nitrogen and oxygen atoms in total. The maximum atomic E-state index is 12.1. The fraction of sp³-hybridized carbons (Fsp3) is 0.333. The van der Waals surface area contributed by atoms with Crippen LogP contribution in [-0.4, -0.2) is 28.5 Å². The van der Waals surface area contributed by atoms with Crippen molar-refractivity contribution in [3.8, 4) is 0 Å². The predicted octanol–water partition coefficient (Wildman–Crippen LogP) is 1.67. The highest BCUT2D eigenvalue weighted by Crippen LogP contribution is 2.25. The molecule has 17 heavy (non-hydrogen) atoms. The largest absolute Gasteiger partial charge is 0.278 e. The minimum absolute atomic E-state index is 0.113. The summed E-state index contributed by atoms with van der Waals surface area (Å²) in [4.78, 5) is 25.5. The van der Waals surface area contributed by atoms with E-state index in [1.807, 2.05) is 6.92 Å². The van der Waals surface area contributed by atoms with Gasteiger partial charge in [-0.15, -0.1) is 0 Å². The van der Waals surface area contributed by atoms with Crippen LogP contribution in [0.3, 0.4) is 0 Å². The normalized spacial score (nSPS) is 16.2. The first-order valence-electron chi connectivity index (χ1n) is 5.45. The van der Waals surface area contributed by atoms with Crippen molar-refractivity contribution < 1.29 is 9.59 Å². The Labute approximate surface area is 104 Å². The molecular weight excluding hydrogens is 236 g/mol. The number of carbonyl (C=O) groups excluding carboxylic acids is 2. The predicted molar refractivity (Wildman–Crippen MR) is 67.7 cm³/mol. The maximum Gasteiger partial charge on any atom is 0.261 e. The maximum absolute atomic E-state index is 12.1. The Morgan fingerprint density at radius 3 is 2.24 bits per heavy atom. The van der Waals surface area contributed by atoms with Gasteiger partial charge in [-0.05, 0) is 25.5 Å². The van der Waals surface area contributed by atoms with Gasteiger partial charge in [0.05, 0.1) is 11.1 Å². The van der Waals surface area contributed by atoms with Gasteiger partial charge < -0.3 is 0 Å². The average Bonchev–Trinajstić information content (AvgIpc) is 2.60. The van der Waals surface area contributed by atoms with E-state index in [0.29, 0.717) is 17.5 Å². The Morgan fingerprint density at radius 2 is 1.76 bits per heavy atom. The molecule has 1 aromatic rings. The number of fused-ring (bicyclic) bond motifs is 1. The van der Waals surface area contributed by atoms with Crippen LogP contribution in [0.1, 0.15) is 34.1 Å². The van der Waals surface area contributed by atoms with Gasteiger partial charge in [-0.1, -0.05) is 24.1 Å². The monoisotopic (exact) mass is 250 g/mol. The van der Waals surface area contributed by atoms with Crippen molar-refractivity contribution in [3.05, 3.63) is 35.4 Å². The molecule has 1 atom stereocenters. The summed E-state index contributed by atoms with van der Waals surface area (Å²) < 4.78 is 0. The van der Waals surface area contributed by atoms with E-state index in [0.717, 1.165) is 5.75 Å². The van der Waals surface area contributed by atoms with E-state index in [4.69, 9.17) is 5.14 Å². The molecule has 1 heterocycles. The van der Waals surface area contributed by atoms with Gasteiger partial charge >= 0.3 is 0 Å². The number of rotatable bonds is 4. The zero-order valence-electron chi connectivity index (χ0n) is 9.55. The molecule has 0 fully saturated rings. The number of benzene rings is 1. The second-order valence-electron chi connectivity index (χ2n) is 4.03. The molecule has 0 bridgehead atoms. The molecular formula is C12H14N2O2S. The van der Waals surface area contributed by atoms with Gasteiger partial charge in [0.15, 0.2) is 0 Å². The molecule has 90 valence electrons. The van der Waals surface area contributed by atoms with Crippen LogP contribution in [-0.2, 0) is 0 Å². The van der Waals surface area contributed by atoms with E-state index < -0.39 is 0 Å². The molecule has 0 aromatic heterocycles. The van der Waals surface area contributed by atoms with Crippen LogP contribution in [0.5, 0.6) is 0 Å². The number of nitrogens with two attached hydrogens (primary N) is 1. The van der Waals surface area contributed by atoms with Crippen LogP contribution in [0.25, 0.3) is 0 Å². The second kappa shape index (κ2) is 4.89. The van der Waals surface area contributed by atoms with Crippen LogP contribution in [0.2, 0.25) is 0 Å². The van der Waals surface area contributed by atoms with Crippen molar-refractivity contribution >= 4 is 23.8 Å². The van der Waals surface area contributed by atoms with Gasteiger partial charge in [-0.2, -0.15) is 0 Å². The number of nitrogens with zero attached hydrogens (tertiary/aromatic N) is 1. The zero-order valence-corrected chi connectivity index (χ0v) is 10.4. The van der Waals surface area contributed by atoms with Crippen LogP contribution in [0.4, 0.5) is 0 Å². The number of carbonyl (C=O) groups is 2. The van der Waals surface area contributed by atoms with Gasteiger partial charge in [-0.3, -0.25) is 19.6 Å². The summed E-state index contributed by atoms with van der Waals surface area (Å²) in [5.74, 6) is 0.342. The summed E-state index contributed by atoms with van der Waals surface area (Å²) in [5, 5.41) is 5.36. The molecule has 0 saturated heterocycles. The number of imide groups is 1. The zero-order chi connectivity index (χ0) is 12.4. The summed E-state index contributed by atoms with van der Waals surface area (Å²) in [5.41, 5.74) is 1.01. The van der Waals surface area contributed by atoms with Crippen molar-refractivity contribution in [2.45, 2.75) is 19.4 Å². The Hall–Kier alpha value is -1.33. The van der Waals surface area contributed by atoms with E-state index in [9.17, 15) is 9.59 Å². The van der Waals surface area contributed by atoms with Crippen LogP contribution >= 0.6 is 11.9 Å². The quantitative estimate of drug-likeness (QED) is 0.652. The minimum atomic E-state index is -0.194. The lowest BCUT2D eigenvalue weighted by Gasteiger charge is -2.21. The molecule has 0 saturated carbocycles. The molecule has 2 N–H and O–H groups in total. The van der Waals surface area contributed by atoms with E-state index >= 15 is 0 Å². The van der Waals surface area contributed by atoms with E-state index in [1.54, 1.807) is 24.3 Å². The van der Waals surface area contributed by atoms with Gasteiger partial charge in [0.25, 0.3) is 11.8 Å². The van der Waals surface area contributed by atoms with Gasteiger partial charge in [0.2, 0.25) is 0 Å². The first-order valence-corrected chi connectivity index (χ1v) is 6.50. The van der Waals surface area contributed by atoms with Crippen LogP contribution in [0, 0.1) is 0 Å². The minimum Gasteiger partial charge on any atom is -0.278 e. The smallest absolute Gasteiger partial charge is 0.261 e. The number of hydrogen-bond donors (Lipinski definition) is 1. The molecule has 0 aliphatic carbocycles. The summed E-state index contributed by atoms with van der Waals surface area (Å²) in [7, 11) is 0. The molecule has 0 spiro atoms. The summed E-state index contributed by atoms with van der Waals surface area (Å²) >= 11 is 1.23. The lowest BCUT2D eigenvalue weighted by molar-refractivity contribution is 0.0594. The lowest BCUT2D eigenvalue weighted by atomic mass is 10.1. The first-order chi connectivity index (χ1) is 8.16. The number of amides is 2. The Balaban J connectivity index is 2.24. The SMILES string of the molecule is CC(CCSN)N1C(=O)c2ccccc2C1=O. The summed E-state index contributed by atoms with van der Waals surface area (Å²) in [6.45, 7) is 1.87. The van der Waals surface area contributed by atoms with Crippen molar-refractivity contribution in [1.82, 2.24) is 4.90 Å². The van der Waals surface area contributed by atoms with Gasteiger partial charge in [0, 0.05) is 11.8 Å². The van der Waals surface area contributed by atoms with Crippen molar-refractivity contribution in [1.29, 1.82) is 0 Å². The van der Waals surface area contributed by atoms with Crippen molar-refractivity contribution in [2.75, 3.05) is 5.75 Å². The highest BCUT2D eigenvalue weighted by atomic mass is 32.2. The Kier molecular flexibility index (Phi) is 3.49. The third kappa shape index (κ3) is 2.08. The Bertz CT molecular complexity index is 427. The van der Waals surface area contributed by atoms with Crippen molar-refractivity contribution in [3.63, 3.8) is 0 Å². The van der Waals surface area contributed by atoms with E-state index in [2.05, 4.69) is 0 Å². The molecule has 1 aliphatic heterocycles. The molecule has 0 radical (unpaired) electrons. The average molecular weight is 250 g/mol. The summed E-state index contributed by atoms with van der Waals surface area (Å²) in [6.07, 6.45) is 0.715. The summed E-state index contributed by atoms with van der Waals surface area (Å²) in [6, 6.07) is 6.82. The van der Waals surface area contributed by atoms with Crippen LogP contribution in [0.15, 0.2) is 24.3 Å². The van der Waals surface area contributed by atoms with Crippen molar-refractivity contribution in [2.24, 2.45) is 5.14 Å². The fourth-order valence-corrected chi connectivity index (χ4v) is 2.45. The number of hydrogen-bond acceptors (Lipinski definition) is 4. The molecule has 2 amide bonds. The van der Waals surface area contributed by atoms with Gasteiger partial charge in [-0.25, -0.2) is 0 Å². The van der Waals surface area contributed by atoms with E-state index in [-0.39, 0.29) is 17.9 Å². The Morgan fingerprint density at radius 1 is 1.24 bits per heavy atom. The van der Waals surface area contributed by atoms with E-state index in [1.165, 1.54) is 16.8 Å². The molecule has 1 aliphatic rings. The van der Waals surface area contributed by atoms with Gasteiger partial charge in [0.1, 0.15) is 0 Å². The molecule has 1 unspecified atom stereocenters. The third-order valence-corrected chi connectivity index (χ3v) is 3.39. The fourth-order valence-electron chi connectivity index (χ4n) is 1.98. The standard InChI is InChI=1S/C12H14N2O2S/c1-8(6-7-17-13)14-11(15)9-4-2-3-5-10(9)12(14)16/h2-5,8H,6-7,13H2,1H3. The molecule has 5 heteroatoms. The molecule has 2 rings (SSSR count). The second-order valence-corrected chi connectivity index (χ2v) is 4.78. The lowest BCUT2D eigenvalue weighted by Crippen LogP contribution is -2.38. The highest BCUT2D eigenvalue weighted by molar-refractivity contribution is 7.97. The third-order valence-electron chi connectivity index (χ3n) is 2.92.